The number of aldehydes is 1. The van der Waals surface area contributed by atoms with E-state index < -0.39 is 0 Å². The minimum atomic E-state index is -0.229. The van der Waals surface area contributed by atoms with Gasteiger partial charge in [-0.15, -0.1) is 0 Å². The van der Waals surface area contributed by atoms with Gasteiger partial charge in [0.15, 0.2) is 0 Å². The Morgan fingerprint density at radius 2 is 2.06 bits per heavy atom. The first-order valence-corrected chi connectivity index (χ1v) is 6.82. The number of carbonyl (C=O) groups is 1. The molecule has 0 amide bonds. The van der Waals surface area contributed by atoms with Gasteiger partial charge in [0.25, 0.3) is 0 Å². The molecular weight excluding hydrogens is 228 g/mol. The van der Waals surface area contributed by atoms with E-state index >= 15 is 0 Å². The van der Waals surface area contributed by atoms with Crippen LogP contribution in [0.25, 0.3) is 0 Å². The second-order valence-electron chi connectivity index (χ2n) is 5.26. The average molecular weight is 250 g/mol. The highest BCUT2D eigenvalue weighted by Gasteiger charge is 2.33. The largest absolute Gasteiger partial charge is 0.354 e. The van der Waals surface area contributed by atoms with Crippen LogP contribution in [0.3, 0.4) is 0 Å². The SMILES string of the molecule is O=CC1(COCOCC2=CCCC=C2)CCCC1. The molecule has 1 fully saturated rings. The van der Waals surface area contributed by atoms with Crippen molar-refractivity contribution in [1.82, 2.24) is 0 Å². The van der Waals surface area contributed by atoms with E-state index in [1.165, 1.54) is 5.57 Å². The Bertz CT molecular complexity index is 325. The molecule has 0 spiro atoms. The lowest BCUT2D eigenvalue weighted by molar-refractivity contribution is -0.124. The van der Waals surface area contributed by atoms with Crippen molar-refractivity contribution in [3.63, 3.8) is 0 Å². The fourth-order valence-corrected chi connectivity index (χ4v) is 2.61. The normalized spacial score (nSPS) is 21.9. The Kier molecular flexibility index (Phi) is 5.14. The highest BCUT2D eigenvalue weighted by Crippen LogP contribution is 2.36. The summed E-state index contributed by atoms with van der Waals surface area (Å²) in [5.74, 6) is 0. The van der Waals surface area contributed by atoms with Crippen molar-refractivity contribution >= 4 is 6.29 Å². The minimum Gasteiger partial charge on any atom is -0.354 e. The fourth-order valence-electron chi connectivity index (χ4n) is 2.61. The van der Waals surface area contributed by atoms with Crippen molar-refractivity contribution < 1.29 is 14.3 Å². The molecule has 0 radical (unpaired) electrons. The van der Waals surface area contributed by atoms with E-state index in [1.807, 2.05) is 0 Å². The monoisotopic (exact) mass is 250 g/mol. The van der Waals surface area contributed by atoms with Crippen LogP contribution in [0, 0.1) is 5.41 Å². The van der Waals surface area contributed by atoms with Gasteiger partial charge in [0, 0.05) is 5.41 Å². The van der Waals surface area contributed by atoms with Gasteiger partial charge in [-0.25, -0.2) is 0 Å². The van der Waals surface area contributed by atoms with Gasteiger partial charge in [-0.1, -0.05) is 31.1 Å². The quantitative estimate of drug-likeness (QED) is 0.396. The summed E-state index contributed by atoms with van der Waals surface area (Å²) in [7, 11) is 0. The number of rotatable bonds is 7. The van der Waals surface area contributed by atoms with Crippen LogP contribution in [0.2, 0.25) is 0 Å². The van der Waals surface area contributed by atoms with Crippen LogP contribution >= 0.6 is 0 Å². The molecule has 2 aliphatic rings. The van der Waals surface area contributed by atoms with Gasteiger partial charge >= 0.3 is 0 Å². The molecule has 0 atom stereocenters. The molecule has 18 heavy (non-hydrogen) atoms. The van der Waals surface area contributed by atoms with Crippen molar-refractivity contribution in [3.8, 4) is 0 Å². The molecular formula is C15H22O3. The summed E-state index contributed by atoms with van der Waals surface area (Å²) in [4.78, 5) is 11.1. The highest BCUT2D eigenvalue weighted by atomic mass is 16.7. The van der Waals surface area contributed by atoms with Crippen molar-refractivity contribution in [3.05, 3.63) is 23.8 Å². The van der Waals surface area contributed by atoms with E-state index in [1.54, 1.807) is 0 Å². The van der Waals surface area contributed by atoms with Gasteiger partial charge in [0.05, 0.1) is 13.2 Å². The predicted molar refractivity (Wildman–Crippen MR) is 70.2 cm³/mol. The molecule has 0 heterocycles. The van der Waals surface area contributed by atoms with E-state index in [2.05, 4.69) is 18.2 Å². The molecule has 0 aromatic rings. The lowest BCUT2D eigenvalue weighted by atomic mass is 9.89. The highest BCUT2D eigenvalue weighted by molar-refractivity contribution is 5.60. The average Bonchev–Trinajstić information content (AvgIpc) is 2.89. The smallest absolute Gasteiger partial charge is 0.147 e. The van der Waals surface area contributed by atoms with Crippen molar-refractivity contribution in [2.75, 3.05) is 20.0 Å². The summed E-state index contributed by atoms with van der Waals surface area (Å²) in [6, 6.07) is 0. The lowest BCUT2D eigenvalue weighted by Gasteiger charge is -2.21. The van der Waals surface area contributed by atoms with Crippen LogP contribution in [0.1, 0.15) is 38.5 Å². The third kappa shape index (κ3) is 3.79. The van der Waals surface area contributed by atoms with Crippen LogP contribution in [-0.4, -0.2) is 26.3 Å². The molecule has 0 aliphatic heterocycles. The minimum absolute atomic E-state index is 0.229. The Morgan fingerprint density at radius 3 is 2.72 bits per heavy atom. The first kappa shape index (κ1) is 13.5. The third-order valence-electron chi connectivity index (χ3n) is 3.75. The van der Waals surface area contributed by atoms with E-state index in [-0.39, 0.29) is 12.2 Å². The molecule has 0 aromatic heterocycles. The standard InChI is InChI=1S/C15H22O3/c16-11-15(8-4-5-9-15)12-18-13-17-10-14-6-2-1-3-7-14/h2,6-7,11H,1,3-5,8-10,12-13H2. The molecule has 0 aromatic carbocycles. The van der Waals surface area contributed by atoms with Gasteiger partial charge in [-0.3, -0.25) is 0 Å². The van der Waals surface area contributed by atoms with Crippen LogP contribution in [0.15, 0.2) is 23.8 Å². The van der Waals surface area contributed by atoms with E-state index in [4.69, 9.17) is 9.47 Å². The Labute approximate surface area is 109 Å². The molecule has 3 heteroatoms. The van der Waals surface area contributed by atoms with Gasteiger partial charge in [0.2, 0.25) is 0 Å². The van der Waals surface area contributed by atoms with Crippen molar-refractivity contribution in [2.24, 2.45) is 5.41 Å². The molecule has 1 saturated carbocycles. The summed E-state index contributed by atoms with van der Waals surface area (Å²) < 4.78 is 11.0. The van der Waals surface area contributed by atoms with Crippen LogP contribution < -0.4 is 0 Å². The fraction of sp³-hybridized carbons (Fsp3) is 0.667. The molecule has 2 rings (SSSR count). The maximum Gasteiger partial charge on any atom is 0.147 e. The van der Waals surface area contributed by atoms with Gasteiger partial charge in [0.1, 0.15) is 13.1 Å². The Morgan fingerprint density at radius 1 is 1.22 bits per heavy atom. The van der Waals surface area contributed by atoms with Gasteiger partial charge in [-0.2, -0.15) is 0 Å². The van der Waals surface area contributed by atoms with E-state index in [0.717, 1.165) is 44.8 Å². The maximum absolute atomic E-state index is 11.1. The number of hydrogen-bond acceptors (Lipinski definition) is 3. The zero-order valence-corrected chi connectivity index (χ0v) is 10.9. The maximum atomic E-state index is 11.1. The topological polar surface area (TPSA) is 35.5 Å². The molecule has 3 nitrogen and oxygen atoms in total. The molecule has 0 unspecified atom stereocenters. The molecule has 100 valence electrons. The van der Waals surface area contributed by atoms with E-state index in [9.17, 15) is 4.79 Å². The zero-order valence-electron chi connectivity index (χ0n) is 10.9. The summed E-state index contributed by atoms with van der Waals surface area (Å²) in [5, 5.41) is 0. The van der Waals surface area contributed by atoms with Gasteiger partial charge in [-0.05, 0) is 31.3 Å². The molecule has 2 aliphatic carbocycles. The van der Waals surface area contributed by atoms with E-state index in [0.29, 0.717) is 13.2 Å². The summed E-state index contributed by atoms with van der Waals surface area (Å²) in [6.45, 7) is 1.39. The first-order chi connectivity index (χ1) is 8.85. The zero-order chi connectivity index (χ0) is 12.7. The molecule has 0 saturated heterocycles. The van der Waals surface area contributed by atoms with Crippen molar-refractivity contribution in [2.45, 2.75) is 38.5 Å². The Balaban J connectivity index is 1.59. The number of carbonyl (C=O) groups excluding carboxylic acids is 1. The third-order valence-corrected chi connectivity index (χ3v) is 3.75. The summed E-state index contributed by atoms with van der Waals surface area (Å²) in [6.07, 6.45) is 14.0. The number of allylic oxidation sites excluding steroid dienone is 2. The first-order valence-electron chi connectivity index (χ1n) is 6.82. The number of ether oxygens (including phenoxy) is 2. The molecule has 0 bridgehead atoms. The van der Waals surface area contributed by atoms with Crippen LogP contribution in [0.4, 0.5) is 0 Å². The van der Waals surface area contributed by atoms with Gasteiger partial charge < -0.3 is 14.3 Å². The summed E-state index contributed by atoms with van der Waals surface area (Å²) >= 11 is 0. The van der Waals surface area contributed by atoms with Crippen molar-refractivity contribution in [1.29, 1.82) is 0 Å². The predicted octanol–water partition coefficient (Wildman–Crippen LogP) is 3.01. The second-order valence-corrected chi connectivity index (χ2v) is 5.26. The summed E-state index contributed by atoms with van der Waals surface area (Å²) in [5.41, 5.74) is 0.990. The van der Waals surface area contributed by atoms with Crippen LogP contribution in [0.5, 0.6) is 0 Å². The molecule has 0 N–H and O–H groups in total. The lowest BCUT2D eigenvalue weighted by Crippen LogP contribution is -2.25. The van der Waals surface area contributed by atoms with Crippen LogP contribution in [-0.2, 0) is 14.3 Å². The number of hydrogen-bond donors (Lipinski definition) is 0. The second kappa shape index (κ2) is 6.86. The Hall–Kier alpha value is -0.930.